The molecule has 1 fully saturated rings. The third-order valence-corrected chi connectivity index (χ3v) is 4.54. The minimum Gasteiger partial charge on any atom is -0.378 e. The Morgan fingerprint density at radius 2 is 1.69 bits per heavy atom. The largest absolute Gasteiger partial charge is 0.378 e. The van der Waals surface area contributed by atoms with Crippen LogP contribution >= 0.6 is 0 Å². The first-order valence-electron chi connectivity index (χ1n) is 9.56. The number of carbonyl (C=O) groups is 2. The SMILES string of the molecule is CCCN(CCC)C(=O)CN(C(C)=O)c1ccccc1N1CCOCC1. The van der Waals surface area contributed by atoms with Crippen LogP contribution in [0.4, 0.5) is 11.4 Å². The monoisotopic (exact) mass is 361 g/mol. The van der Waals surface area contributed by atoms with E-state index in [1.54, 1.807) is 4.90 Å². The number of ether oxygens (including phenoxy) is 1. The van der Waals surface area contributed by atoms with Crippen LogP contribution in [0.5, 0.6) is 0 Å². The summed E-state index contributed by atoms with van der Waals surface area (Å²) in [6, 6.07) is 7.81. The Hall–Kier alpha value is -2.08. The van der Waals surface area contributed by atoms with E-state index in [4.69, 9.17) is 4.74 Å². The number of rotatable bonds is 8. The lowest BCUT2D eigenvalue weighted by Crippen LogP contribution is -2.44. The van der Waals surface area contributed by atoms with E-state index in [2.05, 4.69) is 18.7 Å². The van der Waals surface area contributed by atoms with Gasteiger partial charge in [0, 0.05) is 33.1 Å². The molecule has 1 heterocycles. The molecule has 0 atom stereocenters. The van der Waals surface area contributed by atoms with Gasteiger partial charge in [-0.3, -0.25) is 9.59 Å². The van der Waals surface area contributed by atoms with E-state index in [9.17, 15) is 9.59 Å². The summed E-state index contributed by atoms with van der Waals surface area (Å²) >= 11 is 0. The van der Waals surface area contributed by atoms with Crippen molar-refractivity contribution in [1.29, 1.82) is 0 Å². The summed E-state index contributed by atoms with van der Waals surface area (Å²) in [4.78, 5) is 30.8. The quantitative estimate of drug-likeness (QED) is 0.714. The number of hydrogen-bond acceptors (Lipinski definition) is 4. The standard InChI is InChI=1S/C20H31N3O3/c1-4-10-22(11-5-2)20(25)16-23(17(3)24)19-9-7-6-8-18(19)21-12-14-26-15-13-21/h6-9H,4-5,10-16H2,1-3H3. The number of para-hydroxylation sites is 2. The molecule has 0 N–H and O–H groups in total. The van der Waals surface area contributed by atoms with Gasteiger partial charge in [-0.1, -0.05) is 26.0 Å². The molecule has 2 rings (SSSR count). The molecule has 2 amide bonds. The van der Waals surface area contributed by atoms with E-state index in [1.165, 1.54) is 6.92 Å². The van der Waals surface area contributed by atoms with Gasteiger partial charge >= 0.3 is 0 Å². The van der Waals surface area contributed by atoms with Crippen molar-refractivity contribution in [3.05, 3.63) is 24.3 Å². The van der Waals surface area contributed by atoms with Gasteiger partial charge in [0.2, 0.25) is 11.8 Å². The first-order chi connectivity index (χ1) is 12.6. The molecule has 1 aromatic carbocycles. The van der Waals surface area contributed by atoms with Crippen molar-refractivity contribution in [3.8, 4) is 0 Å². The molecule has 144 valence electrons. The van der Waals surface area contributed by atoms with Crippen molar-refractivity contribution < 1.29 is 14.3 Å². The molecule has 1 saturated heterocycles. The number of amides is 2. The predicted octanol–water partition coefficient (Wildman–Crippen LogP) is 2.52. The molecular formula is C20H31N3O3. The molecule has 0 saturated carbocycles. The molecule has 0 unspecified atom stereocenters. The zero-order chi connectivity index (χ0) is 18.9. The Balaban J connectivity index is 2.24. The smallest absolute Gasteiger partial charge is 0.242 e. The Bertz CT molecular complexity index is 594. The first-order valence-corrected chi connectivity index (χ1v) is 9.56. The molecule has 1 aromatic rings. The highest BCUT2D eigenvalue weighted by Gasteiger charge is 2.24. The summed E-state index contributed by atoms with van der Waals surface area (Å²) in [7, 11) is 0. The number of hydrogen-bond donors (Lipinski definition) is 0. The summed E-state index contributed by atoms with van der Waals surface area (Å²) in [6.07, 6.45) is 1.83. The fraction of sp³-hybridized carbons (Fsp3) is 0.600. The number of benzene rings is 1. The molecule has 0 spiro atoms. The second-order valence-corrected chi connectivity index (χ2v) is 6.57. The lowest BCUT2D eigenvalue weighted by atomic mass is 10.2. The van der Waals surface area contributed by atoms with Gasteiger partial charge in [0.05, 0.1) is 24.6 Å². The molecule has 6 heteroatoms. The van der Waals surface area contributed by atoms with Crippen LogP contribution in [0.25, 0.3) is 0 Å². The number of morpholine rings is 1. The number of nitrogens with zero attached hydrogens (tertiary/aromatic N) is 3. The maximum Gasteiger partial charge on any atom is 0.242 e. The van der Waals surface area contributed by atoms with E-state index in [0.717, 1.165) is 50.4 Å². The maximum atomic E-state index is 12.8. The van der Waals surface area contributed by atoms with Gasteiger partial charge in [-0.25, -0.2) is 0 Å². The van der Waals surface area contributed by atoms with Crippen molar-refractivity contribution >= 4 is 23.2 Å². The summed E-state index contributed by atoms with van der Waals surface area (Å²) < 4.78 is 5.44. The molecule has 6 nitrogen and oxygen atoms in total. The van der Waals surface area contributed by atoms with Crippen LogP contribution in [-0.2, 0) is 14.3 Å². The highest BCUT2D eigenvalue weighted by atomic mass is 16.5. The van der Waals surface area contributed by atoms with Gasteiger partial charge in [0.25, 0.3) is 0 Å². The first kappa shape index (κ1) is 20.2. The van der Waals surface area contributed by atoms with Crippen LogP contribution < -0.4 is 9.80 Å². The van der Waals surface area contributed by atoms with E-state index in [-0.39, 0.29) is 18.4 Å². The molecule has 0 aromatic heterocycles. The van der Waals surface area contributed by atoms with Gasteiger partial charge in [0.15, 0.2) is 0 Å². The highest BCUT2D eigenvalue weighted by molar-refractivity contribution is 6.00. The summed E-state index contributed by atoms with van der Waals surface area (Å²) in [5.41, 5.74) is 1.78. The van der Waals surface area contributed by atoms with E-state index < -0.39 is 0 Å². The Kier molecular flexibility index (Phi) is 7.91. The average Bonchev–Trinajstić information content (AvgIpc) is 2.66. The predicted molar refractivity (Wildman–Crippen MR) is 105 cm³/mol. The van der Waals surface area contributed by atoms with Crippen LogP contribution in [0.3, 0.4) is 0 Å². The van der Waals surface area contributed by atoms with Crippen molar-refractivity contribution in [2.24, 2.45) is 0 Å². The van der Waals surface area contributed by atoms with Crippen LogP contribution in [-0.4, -0.2) is 62.7 Å². The maximum absolute atomic E-state index is 12.8. The molecule has 0 bridgehead atoms. The minimum atomic E-state index is -0.119. The fourth-order valence-corrected chi connectivity index (χ4v) is 3.27. The van der Waals surface area contributed by atoms with Gasteiger partial charge in [-0.05, 0) is 25.0 Å². The summed E-state index contributed by atoms with van der Waals surface area (Å²) in [5, 5.41) is 0. The third kappa shape index (κ3) is 5.21. The second kappa shape index (κ2) is 10.2. The molecule has 0 radical (unpaired) electrons. The zero-order valence-corrected chi connectivity index (χ0v) is 16.2. The van der Waals surface area contributed by atoms with Crippen LogP contribution in [0.2, 0.25) is 0 Å². The van der Waals surface area contributed by atoms with Gasteiger partial charge < -0.3 is 19.4 Å². The molecule has 0 aliphatic carbocycles. The number of anilines is 2. The van der Waals surface area contributed by atoms with Gasteiger partial charge in [-0.15, -0.1) is 0 Å². The average molecular weight is 361 g/mol. The van der Waals surface area contributed by atoms with Crippen molar-refractivity contribution in [1.82, 2.24) is 4.90 Å². The van der Waals surface area contributed by atoms with Gasteiger partial charge in [0.1, 0.15) is 6.54 Å². The summed E-state index contributed by atoms with van der Waals surface area (Å²) in [5.74, 6) is -0.118. The lowest BCUT2D eigenvalue weighted by Gasteiger charge is -2.34. The summed E-state index contributed by atoms with van der Waals surface area (Å²) in [6.45, 7) is 10.1. The topological polar surface area (TPSA) is 53.1 Å². The van der Waals surface area contributed by atoms with E-state index in [1.807, 2.05) is 29.2 Å². The second-order valence-electron chi connectivity index (χ2n) is 6.57. The van der Waals surface area contributed by atoms with Crippen molar-refractivity contribution in [2.75, 3.05) is 55.7 Å². The van der Waals surface area contributed by atoms with Crippen molar-refractivity contribution in [3.63, 3.8) is 0 Å². The van der Waals surface area contributed by atoms with E-state index in [0.29, 0.717) is 13.2 Å². The highest BCUT2D eigenvalue weighted by Crippen LogP contribution is 2.30. The van der Waals surface area contributed by atoms with Gasteiger partial charge in [-0.2, -0.15) is 0 Å². The molecule has 1 aliphatic rings. The fourth-order valence-electron chi connectivity index (χ4n) is 3.27. The molecule has 26 heavy (non-hydrogen) atoms. The van der Waals surface area contributed by atoms with E-state index >= 15 is 0 Å². The normalized spacial score (nSPS) is 14.2. The van der Waals surface area contributed by atoms with Crippen LogP contribution in [0.1, 0.15) is 33.6 Å². The Labute approximate surface area is 156 Å². The van der Waals surface area contributed by atoms with Crippen LogP contribution in [0.15, 0.2) is 24.3 Å². The Morgan fingerprint density at radius 1 is 1.08 bits per heavy atom. The lowest BCUT2D eigenvalue weighted by molar-refractivity contribution is -0.131. The van der Waals surface area contributed by atoms with Crippen LogP contribution in [0, 0.1) is 0 Å². The minimum absolute atomic E-state index is 0.000630. The zero-order valence-electron chi connectivity index (χ0n) is 16.2. The third-order valence-electron chi connectivity index (χ3n) is 4.54. The molecule has 1 aliphatic heterocycles. The van der Waals surface area contributed by atoms with Crippen molar-refractivity contribution in [2.45, 2.75) is 33.6 Å². The number of carbonyl (C=O) groups excluding carboxylic acids is 2. The Morgan fingerprint density at radius 3 is 2.27 bits per heavy atom. The molecular weight excluding hydrogens is 330 g/mol.